The van der Waals surface area contributed by atoms with E-state index in [0.717, 1.165) is 22.9 Å². The number of likely N-dealkylation sites (N-methyl/N-ethyl adjacent to an activating group) is 1. The molecule has 8 nitrogen and oxygen atoms in total. The molecular weight excluding hydrogens is 518 g/mol. The Morgan fingerprint density at radius 2 is 1.21 bits per heavy atom. The largest absolute Gasteiger partial charge is 0.374 e. The smallest absolute Gasteiger partial charge is 0.211 e. The monoisotopic (exact) mass is 555 g/mol. The lowest BCUT2D eigenvalue weighted by Gasteiger charge is -2.48. The van der Waals surface area contributed by atoms with Gasteiger partial charge in [0.2, 0.25) is 10.0 Å². The molecule has 3 aromatic rings. The number of nitrogens with zero attached hydrogens (tertiary/aromatic N) is 1. The van der Waals surface area contributed by atoms with Gasteiger partial charge in [-0.2, -0.15) is 4.31 Å². The van der Waals surface area contributed by atoms with Gasteiger partial charge in [-0.25, -0.2) is 8.42 Å². The van der Waals surface area contributed by atoms with E-state index in [9.17, 15) is 8.42 Å². The molecule has 0 amide bonds. The van der Waals surface area contributed by atoms with Gasteiger partial charge in [0.1, 0.15) is 24.4 Å². The first-order valence-electron chi connectivity index (χ1n) is 12.9. The maximum Gasteiger partial charge on any atom is 0.211 e. The molecule has 0 N–H and O–H groups in total. The summed E-state index contributed by atoms with van der Waals surface area (Å²) in [7, 11) is -0.612. The quantitative estimate of drug-likeness (QED) is 0.315. The van der Waals surface area contributed by atoms with Crippen molar-refractivity contribution in [3.8, 4) is 0 Å². The Balaban J connectivity index is 1.63. The highest BCUT2D eigenvalue weighted by Crippen LogP contribution is 2.32. The first-order chi connectivity index (χ1) is 18.9. The first kappa shape index (κ1) is 29.4. The zero-order valence-electron chi connectivity index (χ0n) is 22.6. The molecule has 0 aliphatic carbocycles. The van der Waals surface area contributed by atoms with Gasteiger partial charge < -0.3 is 23.7 Å². The third kappa shape index (κ3) is 8.18. The highest BCUT2D eigenvalue weighted by molar-refractivity contribution is 7.88. The average molecular weight is 556 g/mol. The standard InChI is InChI=1S/C30H37NO7S/c1-31(39(3,32)33)27-29(37-21-25-17-11-6-12-18-25)28(36-20-24-15-9-5-10-16-24)26(38-30(27)34-2)22-35-19-23-13-7-4-8-14-23/h4-18,26-30H,19-22H2,1-3H3/t26-,27-,28-,29-,30-/m1/s1. The van der Waals surface area contributed by atoms with Crippen LogP contribution < -0.4 is 0 Å². The summed E-state index contributed by atoms with van der Waals surface area (Å²) < 4.78 is 57.7. The van der Waals surface area contributed by atoms with E-state index >= 15 is 0 Å². The molecule has 210 valence electrons. The van der Waals surface area contributed by atoms with Gasteiger partial charge in [-0.3, -0.25) is 0 Å². The second kappa shape index (κ2) is 14.1. The Hall–Kier alpha value is -2.63. The van der Waals surface area contributed by atoms with Crippen molar-refractivity contribution in [3.63, 3.8) is 0 Å². The molecule has 4 rings (SSSR count). The van der Waals surface area contributed by atoms with E-state index in [1.165, 1.54) is 18.5 Å². The van der Waals surface area contributed by atoms with Crippen LogP contribution in [0.1, 0.15) is 16.7 Å². The van der Waals surface area contributed by atoms with Crippen molar-refractivity contribution >= 4 is 10.0 Å². The maximum absolute atomic E-state index is 12.7. The van der Waals surface area contributed by atoms with Crippen LogP contribution in [-0.4, -0.2) is 70.4 Å². The van der Waals surface area contributed by atoms with E-state index in [-0.39, 0.29) is 13.2 Å². The summed E-state index contributed by atoms with van der Waals surface area (Å²) in [5, 5.41) is 0. The lowest BCUT2D eigenvalue weighted by molar-refractivity contribution is -0.293. The van der Waals surface area contributed by atoms with Crippen molar-refractivity contribution in [1.29, 1.82) is 0 Å². The van der Waals surface area contributed by atoms with Crippen molar-refractivity contribution in [2.75, 3.05) is 27.0 Å². The van der Waals surface area contributed by atoms with Crippen LogP contribution >= 0.6 is 0 Å². The molecular formula is C30H37NO7S. The topological polar surface area (TPSA) is 83.5 Å². The molecule has 1 aliphatic heterocycles. The molecule has 1 heterocycles. The molecule has 0 radical (unpaired) electrons. The Kier molecular flexibility index (Phi) is 10.6. The fraction of sp³-hybridized carbons (Fsp3) is 0.400. The van der Waals surface area contributed by atoms with Gasteiger partial charge in [0.05, 0.1) is 32.7 Å². The summed E-state index contributed by atoms with van der Waals surface area (Å²) in [5.74, 6) is 0. The van der Waals surface area contributed by atoms with E-state index in [2.05, 4.69) is 0 Å². The number of benzene rings is 3. The Bertz CT molecular complexity index is 1230. The van der Waals surface area contributed by atoms with Crippen LogP contribution in [0, 0.1) is 0 Å². The van der Waals surface area contributed by atoms with Crippen molar-refractivity contribution < 1.29 is 32.1 Å². The summed E-state index contributed by atoms with van der Waals surface area (Å²) in [6.07, 6.45) is -1.68. The lowest BCUT2D eigenvalue weighted by Crippen LogP contribution is -2.66. The number of methoxy groups -OCH3 is 1. The molecule has 1 fully saturated rings. The van der Waals surface area contributed by atoms with Crippen LogP contribution in [0.5, 0.6) is 0 Å². The SMILES string of the molecule is CO[C@@H]1O[C@H](COCc2ccccc2)[C@@H](OCc2ccccc2)[C@H](OCc2ccccc2)[C@H]1N(C)S(C)(=O)=O. The molecule has 1 aliphatic rings. The van der Waals surface area contributed by atoms with Gasteiger partial charge in [0.25, 0.3) is 0 Å². The molecule has 0 spiro atoms. The third-order valence-electron chi connectivity index (χ3n) is 6.75. The van der Waals surface area contributed by atoms with Gasteiger partial charge in [0, 0.05) is 14.2 Å². The summed E-state index contributed by atoms with van der Waals surface area (Å²) in [6, 6.07) is 28.6. The Morgan fingerprint density at radius 1 is 0.744 bits per heavy atom. The highest BCUT2D eigenvalue weighted by Gasteiger charge is 2.51. The van der Waals surface area contributed by atoms with E-state index in [1.54, 1.807) is 0 Å². The molecule has 39 heavy (non-hydrogen) atoms. The van der Waals surface area contributed by atoms with Gasteiger partial charge in [-0.15, -0.1) is 0 Å². The van der Waals surface area contributed by atoms with Crippen LogP contribution in [0.4, 0.5) is 0 Å². The minimum atomic E-state index is -3.62. The number of sulfonamides is 1. The van der Waals surface area contributed by atoms with Crippen LogP contribution in [0.25, 0.3) is 0 Å². The van der Waals surface area contributed by atoms with E-state index in [4.69, 9.17) is 23.7 Å². The van der Waals surface area contributed by atoms with Crippen molar-refractivity contribution in [2.45, 2.75) is 50.5 Å². The Morgan fingerprint density at radius 3 is 1.67 bits per heavy atom. The molecule has 0 unspecified atom stereocenters. The van der Waals surface area contributed by atoms with Crippen molar-refractivity contribution in [2.24, 2.45) is 0 Å². The molecule has 5 atom stereocenters. The van der Waals surface area contributed by atoms with Gasteiger partial charge in [-0.1, -0.05) is 91.0 Å². The van der Waals surface area contributed by atoms with Crippen molar-refractivity contribution in [1.82, 2.24) is 4.31 Å². The molecule has 3 aromatic carbocycles. The third-order valence-corrected chi connectivity index (χ3v) is 8.04. The van der Waals surface area contributed by atoms with E-state index < -0.39 is 40.7 Å². The van der Waals surface area contributed by atoms with Crippen LogP contribution in [0.3, 0.4) is 0 Å². The summed E-state index contributed by atoms with van der Waals surface area (Å²) in [6.45, 7) is 1.15. The van der Waals surface area contributed by atoms with Crippen LogP contribution in [-0.2, 0) is 53.5 Å². The van der Waals surface area contributed by atoms with Gasteiger partial charge in [-0.05, 0) is 16.7 Å². The second-order valence-corrected chi connectivity index (χ2v) is 11.6. The summed E-state index contributed by atoms with van der Waals surface area (Å²) in [5.41, 5.74) is 2.97. The fourth-order valence-electron chi connectivity index (χ4n) is 4.62. The van der Waals surface area contributed by atoms with Gasteiger partial charge >= 0.3 is 0 Å². The average Bonchev–Trinajstić information content (AvgIpc) is 2.95. The molecule has 9 heteroatoms. The molecule has 0 saturated carbocycles. The number of ether oxygens (including phenoxy) is 5. The number of hydrogen-bond donors (Lipinski definition) is 0. The summed E-state index contributed by atoms with van der Waals surface area (Å²) >= 11 is 0. The fourth-order valence-corrected chi connectivity index (χ4v) is 5.28. The van der Waals surface area contributed by atoms with Crippen LogP contribution in [0.15, 0.2) is 91.0 Å². The highest BCUT2D eigenvalue weighted by atomic mass is 32.2. The number of rotatable bonds is 13. The lowest BCUT2D eigenvalue weighted by atomic mass is 9.96. The van der Waals surface area contributed by atoms with Gasteiger partial charge in [0.15, 0.2) is 6.29 Å². The first-order valence-corrected chi connectivity index (χ1v) is 14.8. The maximum atomic E-state index is 12.7. The van der Waals surface area contributed by atoms with Crippen LogP contribution in [0.2, 0.25) is 0 Å². The zero-order valence-corrected chi connectivity index (χ0v) is 23.4. The van der Waals surface area contributed by atoms with E-state index in [0.29, 0.717) is 13.2 Å². The minimum absolute atomic E-state index is 0.203. The number of hydrogen-bond acceptors (Lipinski definition) is 7. The molecule has 0 aromatic heterocycles. The second-order valence-electron chi connectivity index (χ2n) is 9.57. The normalized spacial score (nSPS) is 23.6. The predicted octanol–water partition coefficient (Wildman–Crippen LogP) is 4.01. The summed E-state index contributed by atoms with van der Waals surface area (Å²) in [4.78, 5) is 0. The van der Waals surface area contributed by atoms with Crippen molar-refractivity contribution in [3.05, 3.63) is 108 Å². The van der Waals surface area contributed by atoms with E-state index in [1.807, 2.05) is 91.0 Å². The minimum Gasteiger partial charge on any atom is -0.374 e. The predicted molar refractivity (Wildman–Crippen MR) is 148 cm³/mol. The molecule has 1 saturated heterocycles. The molecule has 0 bridgehead atoms. The zero-order chi connectivity index (χ0) is 27.7. The Labute approximate surface area is 231 Å².